The number of carbonyl (C=O) groups is 1. The number of rotatable bonds is 11. The average molecular weight is 493 g/mol. The normalized spacial score (nSPS) is 19.7. The maximum Gasteiger partial charge on any atom is 0.233 e. The molecule has 33 heavy (non-hydrogen) atoms. The lowest BCUT2D eigenvalue weighted by Crippen LogP contribution is -2.43. The van der Waals surface area contributed by atoms with Crippen LogP contribution in [0.1, 0.15) is 45.4 Å². The van der Waals surface area contributed by atoms with E-state index in [1.54, 1.807) is 0 Å². The molecule has 0 radical (unpaired) electrons. The number of sulfone groups is 1. The molecule has 1 atom stereocenters. The predicted octanol–water partition coefficient (Wildman–Crippen LogP) is 3.17. The van der Waals surface area contributed by atoms with Crippen molar-refractivity contribution in [3.63, 3.8) is 0 Å². The molecule has 1 amide bonds. The van der Waals surface area contributed by atoms with Crippen molar-refractivity contribution >= 4 is 27.5 Å². The Hall–Kier alpha value is -2.07. The fourth-order valence-corrected chi connectivity index (χ4v) is 6.63. The van der Waals surface area contributed by atoms with Gasteiger partial charge in [0.25, 0.3) is 0 Å². The number of hydrogen-bond acceptors (Lipinski definition) is 7. The van der Waals surface area contributed by atoms with Crippen LogP contribution in [0.3, 0.4) is 0 Å². The average Bonchev–Trinajstić information content (AvgIpc) is 3.43. The van der Waals surface area contributed by atoms with E-state index in [-0.39, 0.29) is 35.2 Å². The highest BCUT2D eigenvalue weighted by Crippen LogP contribution is 2.33. The smallest absolute Gasteiger partial charge is 0.233 e. The van der Waals surface area contributed by atoms with Gasteiger partial charge in [0.15, 0.2) is 20.8 Å². The van der Waals surface area contributed by atoms with Crippen LogP contribution >= 0.6 is 11.8 Å². The Balaban J connectivity index is 1.42. The third-order valence-electron chi connectivity index (χ3n) is 5.99. The fraction of sp³-hybridized carbons (Fsp3) is 0.609. The Bertz CT molecular complexity index is 1050. The van der Waals surface area contributed by atoms with Gasteiger partial charge >= 0.3 is 0 Å². The number of ether oxygens (including phenoxy) is 1. The number of nitrogens with zero attached hydrogens (tertiary/aromatic N) is 4. The minimum Gasteiger partial charge on any atom is -0.486 e. The second-order valence-corrected chi connectivity index (χ2v) is 12.4. The van der Waals surface area contributed by atoms with Gasteiger partial charge in [-0.25, -0.2) is 8.42 Å². The van der Waals surface area contributed by atoms with Gasteiger partial charge < -0.3 is 14.2 Å². The molecule has 1 aliphatic carbocycles. The predicted molar refractivity (Wildman–Crippen MR) is 128 cm³/mol. The molecule has 1 saturated heterocycles. The van der Waals surface area contributed by atoms with Gasteiger partial charge in [0, 0.05) is 18.6 Å². The molecule has 10 heteroatoms. The first-order valence-electron chi connectivity index (χ1n) is 11.6. The second kappa shape index (κ2) is 10.5. The SMILES string of the molecule is CC(C)CCn1c(COc2ccccc2)nnc1SCC(=O)N(C1CC1)C1CCS(=O)(=O)C1. The molecule has 1 unspecified atom stereocenters. The number of amides is 1. The van der Waals surface area contributed by atoms with Gasteiger partial charge in [-0.1, -0.05) is 43.8 Å². The molecule has 2 fully saturated rings. The summed E-state index contributed by atoms with van der Waals surface area (Å²) in [6, 6.07) is 9.59. The van der Waals surface area contributed by atoms with Gasteiger partial charge in [-0.3, -0.25) is 4.79 Å². The molecule has 8 nitrogen and oxygen atoms in total. The Labute approximate surface area is 200 Å². The lowest BCUT2D eigenvalue weighted by atomic mass is 10.1. The molecule has 2 aliphatic rings. The van der Waals surface area contributed by atoms with Crippen LogP contribution in [-0.2, 0) is 27.8 Å². The summed E-state index contributed by atoms with van der Waals surface area (Å²) in [5.41, 5.74) is 0. The zero-order valence-electron chi connectivity index (χ0n) is 19.2. The largest absolute Gasteiger partial charge is 0.486 e. The Morgan fingerprint density at radius 1 is 1.18 bits per heavy atom. The Morgan fingerprint density at radius 3 is 2.58 bits per heavy atom. The van der Waals surface area contributed by atoms with Crippen molar-refractivity contribution in [1.29, 1.82) is 0 Å². The summed E-state index contributed by atoms with van der Waals surface area (Å²) in [5, 5.41) is 9.39. The first-order chi connectivity index (χ1) is 15.8. The minimum atomic E-state index is -3.04. The monoisotopic (exact) mass is 492 g/mol. The van der Waals surface area contributed by atoms with Gasteiger partial charge in [-0.05, 0) is 43.7 Å². The van der Waals surface area contributed by atoms with E-state index in [0.717, 1.165) is 37.4 Å². The van der Waals surface area contributed by atoms with Crippen LogP contribution in [0.2, 0.25) is 0 Å². The quantitative estimate of drug-likeness (QED) is 0.445. The molecule has 0 N–H and O–H groups in total. The van der Waals surface area contributed by atoms with Crippen molar-refractivity contribution in [2.45, 2.75) is 69.9 Å². The lowest BCUT2D eigenvalue weighted by Gasteiger charge is -2.28. The summed E-state index contributed by atoms with van der Waals surface area (Å²) >= 11 is 1.37. The first kappa shape index (κ1) is 24.1. The van der Waals surface area contributed by atoms with Gasteiger partial charge in [0.2, 0.25) is 5.91 Å². The van der Waals surface area contributed by atoms with Crippen molar-refractivity contribution in [2.75, 3.05) is 17.3 Å². The van der Waals surface area contributed by atoms with E-state index in [9.17, 15) is 13.2 Å². The van der Waals surface area contributed by atoms with Crippen LogP contribution in [-0.4, -0.2) is 63.3 Å². The Kier molecular flexibility index (Phi) is 7.63. The van der Waals surface area contributed by atoms with Crippen molar-refractivity contribution in [3.05, 3.63) is 36.2 Å². The molecular weight excluding hydrogens is 460 g/mol. The van der Waals surface area contributed by atoms with Crippen LogP contribution in [0.5, 0.6) is 5.75 Å². The first-order valence-corrected chi connectivity index (χ1v) is 14.4. The summed E-state index contributed by atoms with van der Waals surface area (Å²) in [4.78, 5) is 15.0. The van der Waals surface area contributed by atoms with Crippen LogP contribution < -0.4 is 4.74 Å². The van der Waals surface area contributed by atoms with E-state index in [0.29, 0.717) is 24.1 Å². The standard InChI is InChI=1S/C23H32N4O4S2/c1-17(2)10-12-26-21(14-31-20-6-4-3-5-7-20)24-25-23(26)32-15-22(28)27(18-8-9-18)19-11-13-33(29,30)16-19/h3-7,17-19H,8-16H2,1-2H3. The maximum atomic E-state index is 13.1. The molecular formula is C23H32N4O4S2. The van der Waals surface area contributed by atoms with Crippen molar-refractivity contribution in [2.24, 2.45) is 5.92 Å². The summed E-state index contributed by atoms with van der Waals surface area (Å²) in [6.45, 7) is 5.40. The number of para-hydroxylation sites is 1. The zero-order valence-corrected chi connectivity index (χ0v) is 20.9. The summed E-state index contributed by atoms with van der Waals surface area (Å²) < 4.78 is 31.8. The van der Waals surface area contributed by atoms with E-state index >= 15 is 0 Å². The van der Waals surface area contributed by atoms with Gasteiger partial charge in [0.05, 0.1) is 17.3 Å². The fourth-order valence-electron chi connectivity index (χ4n) is 4.06. The van der Waals surface area contributed by atoms with E-state index in [1.807, 2.05) is 39.8 Å². The maximum absolute atomic E-state index is 13.1. The zero-order chi connectivity index (χ0) is 23.4. The second-order valence-electron chi connectivity index (χ2n) is 9.21. The van der Waals surface area contributed by atoms with Crippen molar-refractivity contribution < 1.29 is 17.9 Å². The molecule has 1 aliphatic heterocycles. The van der Waals surface area contributed by atoms with E-state index in [4.69, 9.17) is 4.74 Å². The number of benzene rings is 1. The summed E-state index contributed by atoms with van der Waals surface area (Å²) in [5.74, 6) is 2.50. The number of hydrogen-bond donors (Lipinski definition) is 0. The number of thioether (sulfide) groups is 1. The molecule has 1 saturated carbocycles. The molecule has 0 bridgehead atoms. The molecule has 1 aromatic heterocycles. The molecule has 2 heterocycles. The van der Waals surface area contributed by atoms with E-state index < -0.39 is 9.84 Å². The number of aromatic nitrogens is 3. The van der Waals surface area contributed by atoms with Crippen molar-refractivity contribution in [3.8, 4) is 5.75 Å². The van der Waals surface area contributed by atoms with Crippen LogP contribution in [0.25, 0.3) is 0 Å². The molecule has 180 valence electrons. The lowest BCUT2D eigenvalue weighted by molar-refractivity contribution is -0.130. The topological polar surface area (TPSA) is 94.4 Å². The van der Waals surface area contributed by atoms with Crippen molar-refractivity contribution in [1.82, 2.24) is 19.7 Å². The highest BCUT2D eigenvalue weighted by atomic mass is 32.2. The van der Waals surface area contributed by atoms with Crippen LogP contribution in [0.4, 0.5) is 0 Å². The third kappa shape index (κ3) is 6.50. The van der Waals surface area contributed by atoms with Gasteiger partial charge in [-0.15, -0.1) is 10.2 Å². The molecule has 4 rings (SSSR count). The Morgan fingerprint density at radius 2 is 1.94 bits per heavy atom. The van der Waals surface area contributed by atoms with Gasteiger partial charge in [-0.2, -0.15) is 0 Å². The molecule has 2 aromatic rings. The van der Waals surface area contributed by atoms with E-state index in [1.165, 1.54) is 11.8 Å². The molecule has 1 aromatic carbocycles. The highest BCUT2D eigenvalue weighted by Gasteiger charge is 2.42. The summed E-state index contributed by atoms with van der Waals surface area (Å²) in [7, 11) is -3.04. The minimum absolute atomic E-state index is 0.00917. The number of carbonyl (C=O) groups excluding carboxylic acids is 1. The van der Waals surface area contributed by atoms with Gasteiger partial charge in [0.1, 0.15) is 12.4 Å². The highest BCUT2D eigenvalue weighted by molar-refractivity contribution is 7.99. The van der Waals surface area contributed by atoms with Crippen LogP contribution in [0.15, 0.2) is 35.5 Å². The van der Waals surface area contributed by atoms with Crippen LogP contribution in [0, 0.1) is 5.92 Å². The van der Waals surface area contributed by atoms with E-state index in [2.05, 4.69) is 24.0 Å². The molecule has 0 spiro atoms. The third-order valence-corrected chi connectivity index (χ3v) is 8.69. The summed E-state index contributed by atoms with van der Waals surface area (Å²) in [6.07, 6.45) is 3.42.